The minimum Gasteiger partial charge on any atom is -0.384 e. The van der Waals surface area contributed by atoms with Crippen LogP contribution in [0.1, 0.15) is 20.1 Å². The fourth-order valence-corrected chi connectivity index (χ4v) is 2.75. The van der Waals surface area contributed by atoms with Crippen molar-refractivity contribution in [2.45, 2.75) is 6.42 Å². The summed E-state index contributed by atoms with van der Waals surface area (Å²) in [5.74, 6) is 5.41. The van der Waals surface area contributed by atoms with Crippen LogP contribution in [0.4, 0.5) is 0 Å². The summed E-state index contributed by atoms with van der Waals surface area (Å²) in [5.41, 5.74) is 1.22. The molecule has 0 atom stereocenters. The van der Waals surface area contributed by atoms with Crippen molar-refractivity contribution in [3.63, 3.8) is 0 Å². The smallest absolute Gasteiger partial charge is 0.263 e. The van der Waals surface area contributed by atoms with Gasteiger partial charge >= 0.3 is 0 Å². The first-order valence-corrected chi connectivity index (χ1v) is 7.51. The Balaban J connectivity index is 1.94. The number of benzene rings is 1. The van der Waals surface area contributed by atoms with E-state index in [1.807, 2.05) is 31.3 Å². The van der Waals surface area contributed by atoms with Gasteiger partial charge < -0.3 is 10.0 Å². The van der Waals surface area contributed by atoms with Gasteiger partial charge in [-0.05, 0) is 24.1 Å². The fraction of sp³-hybridized carbons (Fsp3) is 0.235. The van der Waals surface area contributed by atoms with E-state index < -0.39 is 0 Å². The molecule has 2 rings (SSSR count). The van der Waals surface area contributed by atoms with Crippen molar-refractivity contribution in [1.29, 1.82) is 0 Å². The molecule has 4 heteroatoms. The zero-order valence-electron chi connectivity index (χ0n) is 11.9. The molecule has 21 heavy (non-hydrogen) atoms. The van der Waals surface area contributed by atoms with E-state index in [1.54, 1.807) is 11.0 Å². The van der Waals surface area contributed by atoms with Gasteiger partial charge in [-0.25, -0.2) is 0 Å². The molecule has 1 N–H and O–H groups in total. The first kappa shape index (κ1) is 15.3. The fourth-order valence-electron chi connectivity index (χ4n) is 1.88. The summed E-state index contributed by atoms with van der Waals surface area (Å²) in [4.78, 5) is 15.5. The first-order valence-electron chi connectivity index (χ1n) is 6.69. The Morgan fingerprint density at radius 1 is 1.24 bits per heavy atom. The predicted octanol–water partition coefficient (Wildman–Crippen LogP) is 2.41. The number of rotatable bonds is 4. The van der Waals surface area contributed by atoms with Crippen LogP contribution in [0.3, 0.4) is 0 Å². The number of aliphatic hydroxyl groups is 1. The molecule has 3 nitrogen and oxygen atoms in total. The van der Waals surface area contributed by atoms with Crippen LogP contribution in [0.15, 0.2) is 42.5 Å². The van der Waals surface area contributed by atoms with Crippen LogP contribution in [0.25, 0.3) is 0 Å². The summed E-state index contributed by atoms with van der Waals surface area (Å²) < 4.78 is 0. The summed E-state index contributed by atoms with van der Waals surface area (Å²) in [7, 11) is 1.81. The van der Waals surface area contributed by atoms with E-state index in [4.69, 9.17) is 5.11 Å². The molecule has 1 aromatic carbocycles. The summed E-state index contributed by atoms with van der Waals surface area (Å²) in [6.45, 7) is 0.510. The lowest BCUT2D eigenvalue weighted by Gasteiger charge is -2.16. The van der Waals surface area contributed by atoms with Gasteiger partial charge in [-0.2, -0.15) is 0 Å². The van der Waals surface area contributed by atoms with Crippen molar-refractivity contribution in [3.05, 3.63) is 57.8 Å². The third kappa shape index (κ3) is 4.45. The number of thiophene rings is 1. The summed E-state index contributed by atoms with van der Waals surface area (Å²) in [6, 6.07) is 13.7. The highest BCUT2D eigenvalue weighted by Crippen LogP contribution is 2.17. The van der Waals surface area contributed by atoms with Crippen molar-refractivity contribution in [2.75, 3.05) is 20.2 Å². The second-order valence-electron chi connectivity index (χ2n) is 4.59. The van der Waals surface area contributed by atoms with Crippen LogP contribution in [-0.2, 0) is 6.42 Å². The first-order chi connectivity index (χ1) is 10.2. The van der Waals surface area contributed by atoms with Crippen LogP contribution >= 0.6 is 11.3 Å². The van der Waals surface area contributed by atoms with Crippen molar-refractivity contribution in [1.82, 2.24) is 4.90 Å². The van der Waals surface area contributed by atoms with Crippen LogP contribution in [0.5, 0.6) is 0 Å². The molecule has 0 unspecified atom stereocenters. The lowest BCUT2D eigenvalue weighted by Crippen LogP contribution is -2.28. The number of hydrogen-bond donors (Lipinski definition) is 1. The minimum atomic E-state index is -0.168. The Hall–Kier alpha value is -2.09. The van der Waals surface area contributed by atoms with Crippen LogP contribution < -0.4 is 0 Å². The van der Waals surface area contributed by atoms with Gasteiger partial charge in [-0.1, -0.05) is 42.2 Å². The maximum Gasteiger partial charge on any atom is 0.263 e. The predicted molar refractivity (Wildman–Crippen MR) is 85.4 cm³/mol. The number of hydrogen-bond acceptors (Lipinski definition) is 3. The normalized spacial score (nSPS) is 9.81. The van der Waals surface area contributed by atoms with E-state index >= 15 is 0 Å². The lowest BCUT2D eigenvalue weighted by molar-refractivity contribution is 0.0801. The molecule has 0 spiro atoms. The summed E-state index contributed by atoms with van der Waals surface area (Å²) >= 11 is 1.36. The number of likely N-dealkylation sites (N-methyl/N-ethyl adjacent to an activating group) is 1. The molecule has 0 saturated carbocycles. The monoisotopic (exact) mass is 299 g/mol. The van der Waals surface area contributed by atoms with Gasteiger partial charge in [0.2, 0.25) is 0 Å². The van der Waals surface area contributed by atoms with Gasteiger partial charge in [0.1, 0.15) is 6.61 Å². The van der Waals surface area contributed by atoms with Gasteiger partial charge in [-0.15, -0.1) is 11.3 Å². The third-order valence-electron chi connectivity index (χ3n) is 3.03. The molecular formula is C17H17NO2S. The van der Waals surface area contributed by atoms with Gasteiger partial charge in [0, 0.05) is 13.6 Å². The Bertz CT molecular complexity index is 652. The number of aliphatic hydroxyl groups excluding tert-OH is 1. The molecule has 108 valence electrons. The second kappa shape index (κ2) is 7.63. The third-order valence-corrected chi connectivity index (χ3v) is 4.02. The molecule has 0 radical (unpaired) electrons. The number of carbonyl (C=O) groups excluding carboxylic acids is 1. The van der Waals surface area contributed by atoms with Gasteiger partial charge in [-0.3, -0.25) is 4.79 Å². The topological polar surface area (TPSA) is 40.5 Å². The molecule has 2 aromatic rings. The highest BCUT2D eigenvalue weighted by atomic mass is 32.1. The van der Waals surface area contributed by atoms with Crippen LogP contribution in [0.2, 0.25) is 0 Å². The molecule has 0 aliphatic carbocycles. The maximum atomic E-state index is 12.3. The van der Waals surface area contributed by atoms with Crippen molar-refractivity contribution >= 4 is 17.2 Å². The molecule has 0 aliphatic heterocycles. The SMILES string of the molecule is CN(CCc1ccccc1)C(=O)c1ccc(C#CCO)s1. The average Bonchev–Trinajstić information content (AvgIpc) is 2.99. The lowest BCUT2D eigenvalue weighted by atomic mass is 10.1. The molecular weight excluding hydrogens is 282 g/mol. The molecule has 0 fully saturated rings. The average molecular weight is 299 g/mol. The van der Waals surface area contributed by atoms with E-state index in [1.165, 1.54) is 16.9 Å². The quantitative estimate of drug-likeness (QED) is 0.881. The molecule has 0 aliphatic rings. The Kier molecular flexibility index (Phi) is 5.56. The zero-order valence-corrected chi connectivity index (χ0v) is 12.7. The van der Waals surface area contributed by atoms with E-state index in [2.05, 4.69) is 24.0 Å². The minimum absolute atomic E-state index is 0.00739. The zero-order chi connectivity index (χ0) is 15.1. The standard InChI is InChI=1S/C17H17NO2S/c1-18(12-11-14-6-3-2-4-7-14)17(20)16-10-9-15(21-16)8-5-13-19/h2-4,6-7,9-10,19H,11-13H2,1H3. The van der Waals surface area contributed by atoms with Crippen molar-refractivity contribution in [3.8, 4) is 11.8 Å². The van der Waals surface area contributed by atoms with Crippen molar-refractivity contribution in [2.24, 2.45) is 0 Å². The molecule has 1 amide bonds. The maximum absolute atomic E-state index is 12.3. The largest absolute Gasteiger partial charge is 0.384 e. The molecule has 0 bridgehead atoms. The highest BCUT2D eigenvalue weighted by molar-refractivity contribution is 7.14. The van der Waals surface area contributed by atoms with Crippen LogP contribution in [-0.4, -0.2) is 36.1 Å². The van der Waals surface area contributed by atoms with Gasteiger partial charge in [0.15, 0.2) is 0 Å². The second-order valence-corrected chi connectivity index (χ2v) is 5.67. The van der Waals surface area contributed by atoms with E-state index in [0.717, 1.165) is 11.3 Å². The van der Waals surface area contributed by atoms with E-state index in [9.17, 15) is 4.79 Å². The molecule has 1 aromatic heterocycles. The van der Waals surface area contributed by atoms with E-state index in [-0.39, 0.29) is 12.5 Å². The molecule has 0 saturated heterocycles. The van der Waals surface area contributed by atoms with Gasteiger partial charge in [0.25, 0.3) is 5.91 Å². The highest BCUT2D eigenvalue weighted by Gasteiger charge is 2.13. The number of carbonyl (C=O) groups is 1. The van der Waals surface area contributed by atoms with E-state index in [0.29, 0.717) is 11.4 Å². The Labute approximate surface area is 128 Å². The van der Waals surface area contributed by atoms with Gasteiger partial charge in [0.05, 0.1) is 9.75 Å². The van der Waals surface area contributed by atoms with Crippen LogP contribution in [0, 0.1) is 11.8 Å². The Morgan fingerprint density at radius 2 is 2.00 bits per heavy atom. The Morgan fingerprint density at radius 3 is 2.71 bits per heavy atom. The summed E-state index contributed by atoms with van der Waals surface area (Å²) in [5, 5.41) is 8.67. The number of nitrogens with zero attached hydrogens (tertiary/aromatic N) is 1. The number of amides is 1. The van der Waals surface area contributed by atoms with Crippen molar-refractivity contribution < 1.29 is 9.90 Å². The summed E-state index contributed by atoms with van der Waals surface area (Å²) in [6.07, 6.45) is 0.839. The molecule has 1 heterocycles.